The minimum absolute atomic E-state index is 0.477. The van der Waals surface area contributed by atoms with Crippen LogP contribution in [0.1, 0.15) is 92.4 Å². The highest BCUT2D eigenvalue weighted by molar-refractivity contribution is 7.55. The third-order valence-electron chi connectivity index (χ3n) is 5.08. The molecule has 0 bridgehead atoms. The molecule has 25 heavy (non-hydrogen) atoms. The largest absolute Gasteiger partial charge is 0.350 e. The van der Waals surface area contributed by atoms with Gasteiger partial charge in [0.05, 0.1) is 13.2 Å². The second kappa shape index (κ2) is 11.7. The van der Waals surface area contributed by atoms with E-state index in [4.69, 9.17) is 9.05 Å². The van der Waals surface area contributed by atoms with E-state index < -0.39 is 12.9 Å². The average Bonchev–Trinajstić information content (AvgIpc) is 2.56. The molecular weight excluding hydrogens is 333 g/mol. The molecule has 1 N–H and O–H groups in total. The van der Waals surface area contributed by atoms with Crippen LogP contribution >= 0.6 is 7.60 Å². The van der Waals surface area contributed by atoms with Gasteiger partial charge in [-0.1, -0.05) is 53.9 Å². The standard InChI is InChI=1S/C20H42NO3P/c1-6-21-20(14-8-7-9-15-20)25(22,23-16-10-12-18(2)3)24-17-11-13-19(4)5/h18-19,21H,6-17H2,1-5H3. The molecule has 4 nitrogen and oxygen atoms in total. The van der Waals surface area contributed by atoms with Crippen LogP contribution < -0.4 is 5.32 Å². The second-order valence-corrected chi connectivity index (χ2v) is 10.7. The highest BCUT2D eigenvalue weighted by Crippen LogP contribution is 2.63. The van der Waals surface area contributed by atoms with E-state index in [1.54, 1.807) is 0 Å². The number of nitrogens with one attached hydrogen (secondary N) is 1. The quantitative estimate of drug-likeness (QED) is 0.301. The molecule has 0 unspecified atom stereocenters. The molecule has 0 aromatic rings. The van der Waals surface area contributed by atoms with Gasteiger partial charge in [-0.2, -0.15) is 0 Å². The van der Waals surface area contributed by atoms with Gasteiger partial charge < -0.3 is 14.4 Å². The summed E-state index contributed by atoms with van der Waals surface area (Å²) in [4.78, 5) is 0. The van der Waals surface area contributed by atoms with Crippen LogP contribution in [0, 0.1) is 11.8 Å². The Morgan fingerprint density at radius 3 is 1.80 bits per heavy atom. The van der Waals surface area contributed by atoms with Crippen LogP contribution in [-0.2, 0) is 13.6 Å². The number of hydrogen-bond acceptors (Lipinski definition) is 4. The van der Waals surface area contributed by atoms with Gasteiger partial charge in [-0.25, -0.2) is 0 Å². The van der Waals surface area contributed by atoms with E-state index in [9.17, 15) is 4.57 Å². The smallest absolute Gasteiger partial charge is 0.307 e. The lowest BCUT2D eigenvalue weighted by atomic mass is 9.94. The van der Waals surface area contributed by atoms with Crippen molar-refractivity contribution in [3.63, 3.8) is 0 Å². The molecule has 0 aromatic carbocycles. The average molecular weight is 376 g/mol. The maximum Gasteiger partial charge on any atom is 0.350 e. The topological polar surface area (TPSA) is 47.6 Å². The fourth-order valence-electron chi connectivity index (χ4n) is 3.65. The zero-order valence-corrected chi connectivity index (χ0v) is 18.2. The van der Waals surface area contributed by atoms with Gasteiger partial charge in [0.25, 0.3) is 0 Å². The van der Waals surface area contributed by atoms with Gasteiger partial charge in [0, 0.05) is 0 Å². The molecule has 0 aromatic heterocycles. The molecule has 5 heteroatoms. The summed E-state index contributed by atoms with van der Waals surface area (Å²) >= 11 is 0. The van der Waals surface area contributed by atoms with E-state index in [0.717, 1.165) is 57.9 Å². The molecule has 0 atom stereocenters. The third-order valence-corrected chi connectivity index (χ3v) is 7.78. The molecule has 0 amide bonds. The summed E-state index contributed by atoms with van der Waals surface area (Å²) in [7, 11) is -3.17. The van der Waals surface area contributed by atoms with Gasteiger partial charge in [-0.3, -0.25) is 4.57 Å². The lowest BCUT2D eigenvalue weighted by molar-refractivity contribution is 0.151. The Bertz CT molecular complexity index is 367. The Morgan fingerprint density at radius 2 is 1.40 bits per heavy atom. The first kappa shape index (κ1) is 23.1. The first-order valence-electron chi connectivity index (χ1n) is 10.5. The van der Waals surface area contributed by atoms with E-state index >= 15 is 0 Å². The first-order chi connectivity index (χ1) is 11.9. The van der Waals surface area contributed by atoms with E-state index in [1.807, 2.05) is 0 Å². The molecule has 1 rings (SSSR count). The molecule has 1 aliphatic rings. The minimum Gasteiger partial charge on any atom is -0.307 e. The summed E-state index contributed by atoms with van der Waals surface area (Å²) in [6, 6.07) is 0. The van der Waals surface area contributed by atoms with Crippen molar-refractivity contribution in [2.24, 2.45) is 11.8 Å². The molecule has 1 saturated carbocycles. The second-order valence-electron chi connectivity index (χ2n) is 8.36. The summed E-state index contributed by atoms with van der Waals surface area (Å²) in [5, 5.41) is 3.05. The maximum absolute atomic E-state index is 13.9. The van der Waals surface area contributed by atoms with Gasteiger partial charge in [0.2, 0.25) is 0 Å². The zero-order valence-electron chi connectivity index (χ0n) is 17.3. The highest BCUT2D eigenvalue weighted by Gasteiger charge is 2.50. The summed E-state index contributed by atoms with van der Waals surface area (Å²) in [6.07, 6.45) is 9.29. The van der Waals surface area contributed by atoms with Crippen molar-refractivity contribution in [3.05, 3.63) is 0 Å². The van der Waals surface area contributed by atoms with E-state index in [2.05, 4.69) is 39.9 Å². The van der Waals surface area contributed by atoms with E-state index in [-0.39, 0.29) is 0 Å². The lowest BCUT2D eigenvalue weighted by Crippen LogP contribution is -2.47. The van der Waals surface area contributed by atoms with Crippen molar-refractivity contribution < 1.29 is 13.6 Å². The van der Waals surface area contributed by atoms with Crippen LogP contribution in [-0.4, -0.2) is 25.0 Å². The van der Waals surface area contributed by atoms with Gasteiger partial charge in [0.15, 0.2) is 0 Å². The zero-order chi connectivity index (χ0) is 18.8. The molecule has 0 spiro atoms. The monoisotopic (exact) mass is 375 g/mol. The fourth-order valence-corrected chi connectivity index (χ4v) is 6.17. The van der Waals surface area contributed by atoms with Crippen molar-refractivity contribution in [2.75, 3.05) is 19.8 Å². The summed E-state index contributed by atoms with van der Waals surface area (Å²) in [6.45, 7) is 12.8. The predicted molar refractivity (Wildman–Crippen MR) is 107 cm³/mol. The van der Waals surface area contributed by atoms with Crippen molar-refractivity contribution in [3.8, 4) is 0 Å². The summed E-state index contributed by atoms with van der Waals surface area (Å²) < 4.78 is 26.0. The van der Waals surface area contributed by atoms with Gasteiger partial charge in [-0.15, -0.1) is 0 Å². The van der Waals surface area contributed by atoms with Gasteiger partial charge in [-0.05, 0) is 56.9 Å². The number of hydrogen-bond donors (Lipinski definition) is 1. The predicted octanol–water partition coefficient (Wildman–Crippen LogP) is 6.36. The maximum atomic E-state index is 13.9. The minimum atomic E-state index is -3.17. The van der Waals surface area contributed by atoms with Crippen LogP contribution in [0.5, 0.6) is 0 Å². The summed E-state index contributed by atoms with van der Waals surface area (Å²) in [5.41, 5.74) is 0. The summed E-state index contributed by atoms with van der Waals surface area (Å²) in [5.74, 6) is 1.29. The molecule has 0 radical (unpaired) electrons. The van der Waals surface area contributed by atoms with Crippen molar-refractivity contribution in [2.45, 2.75) is 97.7 Å². The van der Waals surface area contributed by atoms with Crippen LogP contribution in [0.2, 0.25) is 0 Å². The molecule has 1 fully saturated rings. The third kappa shape index (κ3) is 7.71. The van der Waals surface area contributed by atoms with Crippen LogP contribution in [0.3, 0.4) is 0 Å². The van der Waals surface area contributed by atoms with Crippen LogP contribution in [0.25, 0.3) is 0 Å². The van der Waals surface area contributed by atoms with Gasteiger partial charge >= 0.3 is 7.60 Å². The molecular formula is C20H42NO3P. The van der Waals surface area contributed by atoms with Crippen molar-refractivity contribution in [1.82, 2.24) is 5.32 Å². The molecule has 150 valence electrons. The van der Waals surface area contributed by atoms with E-state index in [0.29, 0.717) is 25.0 Å². The molecule has 1 aliphatic carbocycles. The normalized spacial score (nSPS) is 18.2. The molecule has 0 saturated heterocycles. The fraction of sp³-hybridized carbons (Fsp3) is 1.00. The molecule has 0 aliphatic heterocycles. The molecule has 0 heterocycles. The van der Waals surface area contributed by atoms with Crippen molar-refractivity contribution >= 4 is 7.60 Å². The van der Waals surface area contributed by atoms with Crippen LogP contribution in [0.15, 0.2) is 0 Å². The van der Waals surface area contributed by atoms with Gasteiger partial charge in [0.1, 0.15) is 5.28 Å². The highest BCUT2D eigenvalue weighted by atomic mass is 31.2. The SMILES string of the molecule is CCNC1(P(=O)(OCCCC(C)C)OCCCC(C)C)CCCCC1. The van der Waals surface area contributed by atoms with Crippen molar-refractivity contribution in [1.29, 1.82) is 0 Å². The van der Waals surface area contributed by atoms with E-state index in [1.165, 1.54) is 6.42 Å². The Kier molecular flexibility index (Phi) is 10.9. The van der Waals surface area contributed by atoms with Crippen LogP contribution in [0.4, 0.5) is 0 Å². The Morgan fingerprint density at radius 1 is 0.920 bits per heavy atom. The Hall–Kier alpha value is 0.110. The Balaban J connectivity index is 2.77. The lowest BCUT2D eigenvalue weighted by Gasteiger charge is -2.42. The number of rotatable bonds is 13. The Labute approximate surface area is 156 Å². The first-order valence-corrected chi connectivity index (χ1v) is 12.0.